The Bertz CT molecular complexity index is 1370. The molecule has 1 amide bonds. The third-order valence-electron chi connectivity index (χ3n) is 5.25. The van der Waals surface area contributed by atoms with E-state index in [-0.39, 0.29) is 18.7 Å². The van der Waals surface area contributed by atoms with Crippen LogP contribution in [0.15, 0.2) is 58.6 Å². The van der Waals surface area contributed by atoms with Crippen molar-refractivity contribution in [3.63, 3.8) is 0 Å². The van der Waals surface area contributed by atoms with Crippen molar-refractivity contribution in [2.45, 2.75) is 13.2 Å². The minimum absolute atomic E-state index is 0.0805. The number of carbonyl (C=O) groups excluding carboxylic acids is 1. The highest BCUT2D eigenvalue weighted by molar-refractivity contribution is 9.10. The molecule has 3 aromatic carbocycles. The molecule has 0 spiro atoms. The summed E-state index contributed by atoms with van der Waals surface area (Å²) in [6.07, 6.45) is 1.47. The van der Waals surface area contributed by atoms with Crippen LogP contribution in [0.3, 0.4) is 0 Å². The number of nitrogens with one attached hydrogen (secondary N) is 1. The fourth-order valence-electron chi connectivity index (χ4n) is 3.34. The molecule has 10 heteroatoms. The highest BCUT2D eigenvalue weighted by Gasteiger charge is 2.15. The molecule has 1 N–H and O–H groups in total. The summed E-state index contributed by atoms with van der Waals surface area (Å²) in [5.74, 6) is 1.51. The van der Waals surface area contributed by atoms with E-state index in [0.29, 0.717) is 43.1 Å². The van der Waals surface area contributed by atoms with E-state index in [1.807, 2.05) is 6.07 Å². The predicted octanol–water partition coefficient (Wildman–Crippen LogP) is 6.58. The molecule has 0 radical (unpaired) electrons. The van der Waals surface area contributed by atoms with Gasteiger partial charge in [0.25, 0.3) is 5.91 Å². The van der Waals surface area contributed by atoms with Crippen molar-refractivity contribution in [3.05, 3.63) is 85.3 Å². The number of hydrogen-bond donors (Lipinski definition) is 1. The fraction of sp³-hybridized carbons (Fsp3) is 0.185. The molecule has 0 fully saturated rings. The first kappa shape index (κ1) is 28.2. The average molecular weight is 606 g/mol. The lowest BCUT2D eigenvalue weighted by Crippen LogP contribution is -2.24. The Hall–Kier alpha value is -3.38. The molecular formula is C27H23BrCl2N2O5. The van der Waals surface area contributed by atoms with E-state index < -0.39 is 5.91 Å². The van der Waals surface area contributed by atoms with Gasteiger partial charge >= 0.3 is 0 Å². The predicted molar refractivity (Wildman–Crippen MR) is 146 cm³/mol. The standard InChI is InChI=1S/C27H23BrCl2N2O5/c1-34-21-7-5-17(24(12-21)35-2)14-32-27(33)19(13-31)8-16-9-22(28)26(25(10-16)36-3)37-15-18-4-6-20(29)11-23(18)30/h4-12H,14-15H2,1-3H3,(H,32,33)/b19-8+. The number of methoxy groups -OCH3 is 3. The topological polar surface area (TPSA) is 89.8 Å². The average Bonchev–Trinajstić information content (AvgIpc) is 2.90. The maximum absolute atomic E-state index is 12.7. The molecule has 3 aromatic rings. The van der Waals surface area contributed by atoms with E-state index >= 15 is 0 Å². The van der Waals surface area contributed by atoms with Crippen molar-refractivity contribution in [2.24, 2.45) is 0 Å². The lowest BCUT2D eigenvalue weighted by Gasteiger charge is -2.14. The lowest BCUT2D eigenvalue weighted by molar-refractivity contribution is -0.117. The number of amides is 1. The van der Waals surface area contributed by atoms with Crippen LogP contribution in [-0.4, -0.2) is 27.2 Å². The van der Waals surface area contributed by atoms with Crippen LogP contribution in [0.5, 0.6) is 23.0 Å². The van der Waals surface area contributed by atoms with Gasteiger partial charge in [0.15, 0.2) is 11.5 Å². The largest absolute Gasteiger partial charge is 0.497 e. The molecule has 3 rings (SSSR count). The molecule has 0 bridgehead atoms. The summed E-state index contributed by atoms with van der Waals surface area (Å²) in [7, 11) is 4.59. The second-order valence-corrected chi connectivity index (χ2v) is 9.29. The Balaban J connectivity index is 1.77. The molecule has 0 saturated carbocycles. The van der Waals surface area contributed by atoms with Gasteiger partial charge in [0, 0.05) is 33.8 Å². The summed E-state index contributed by atoms with van der Waals surface area (Å²) in [6.45, 7) is 0.346. The van der Waals surface area contributed by atoms with Gasteiger partial charge in [0.05, 0.1) is 25.8 Å². The second kappa shape index (κ2) is 13.2. The Labute approximate surface area is 233 Å². The van der Waals surface area contributed by atoms with E-state index in [4.69, 9.17) is 42.1 Å². The van der Waals surface area contributed by atoms with Gasteiger partial charge in [0.2, 0.25) is 0 Å². The summed E-state index contributed by atoms with van der Waals surface area (Å²) in [5.41, 5.74) is 1.97. The van der Waals surface area contributed by atoms with Crippen molar-refractivity contribution >= 4 is 51.1 Å². The number of benzene rings is 3. The molecular weight excluding hydrogens is 583 g/mol. The molecule has 192 valence electrons. The fourth-order valence-corrected chi connectivity index (χ4v) is 4.37. The first-order valence-corrected chi connectivity index (χ1v) is 12.4. The third kappa shape index (κ3) is 7.32. The summed E-state index contributed by atoms with van der Waals surface area (Å²) in [4.78, 5) is 12.7. The van der Waals surface area contributed by atoms with Gasteiger partial charge in [-0.3, -0.25) is 4.79 Å². The van der Waals surface area contributed by atoms with Gasteiger partial charge in [-0.25, -0.2) is 0 Å². The van der Waals surface area contributed by atoms with Crippen LogP contribution in [0.4, 0.5) is 0 Å². The summed E-state index contributed by atoms with van der Waals surface area (Å²) >= 11 is 15.7. The maximum Gasteiger partial charge on any atom is 0.262 e. The SMILES string of the molecule is COc1ccc(CNC(=O)/C(C#N)=C/c2cc(Br)c(OCc3ccc(Cl)cc3Cl)c(OC)c2)c(OC)c1. The Morgan fingerprint density at radius 3 is 2.38 bits per heavy atom. The van der Waals surface area contributed by atoms with Gasteiger partial charge in [-0.1, -0.05) is 29.3 Å². The van der Waals surface area contributed by atoms with Gasteiger partial charge in [-0.2, -0.15) is 5.26 Å². The van der Waals surface area contributed by atoms with Crippen LogP contribution in [0.1, 0.15) is 16.7 Å². The summed E-state index contributed by atoms with van der Waals surface area (Å²) in [5, 5.41) is 13.4. The minimum Gasteiger partial charge on any atom is -0.497 e. The summed E-state index contributed by atoms with van der Waals surface area (Å²) < 4.78 is 22.5. The molecule has 0 saturated heterocycles. The molecule has 0 atom stereocenters. The minimum atomic E-state index is -0.534. The van der Waals surface area contributed by atoms with Gasteiger partial charge in [-0.15, -0.1) is 0 Å². The lowest BCUT2D eigenvalue weighted by atomic mass is 10.1. The van der Waals surface area contributed by atoms with Crippen LogP contribution in [0, 0.1) is 11.3 Å². The van der Waals surface area contributed by atoms with Crippen molar-refractivity contribution in [1.29, 1.82) is 5.26 Å². The monoisotopic (exact) mass is 604 g/mol. The Morgan fingerprint density at radius 1 is 1.00 bits per heavy atom. The van der Waals surface area contributed by atoms with Crippen molar-refractivity contribution in [1.82, 2.24) is 5.32 Å². The molecule has 37 heavy (non-hydrogen) atoms. The number of nitrogens with zero attached hydrogens (tertiary/aromatic N) is 1. The van der Waals surface area contributed by atoms with Crippen molar-refractivity contribution in [2.75, 3.05) is 21.3 Å². The molecule has 0 unspecified atom stereocenters. The van der Waals surface area contributed by atoms with E-state index in [2.05, 4.69) is 21.2 Å². The number of carbonyl (C=O) groups is 1. The molecule has 0 aliphatic carbocycles. The smallest absolute Gasteiger partial charge is 0.262 e. The number of nitriles is 1. The van der Waals surface area contributed by atoms with Crippen LogP contribution < -0.4 is 24.3 Å². The maximum atomic E-state index is 12.7. The number of rotatable bonds is 10. The van der Waals surface area contributed by atoms with Crippen LogP contribution in [0.25, 0.3) is 6.08 Å². The normalized spacial score (nSPS) is 10.9. The zero-order valence-corrected chi connectivity index (χ0v) is 23.3. The first-order valence-electron chi connectivity index (χ1n) is 10.8. The quantitative estimate of drug-likeness (QED) is 0.207. The van der Waals surface area contributed by atoms with E-state index in [0.717, 1.165) is 11.1 Å². The zero-order chi connectivity index (χ0) is 26.9. The van der Waals surface area contributed by atoms with E-state index in [1.54, 1.807) is 55.6 Å². The number of hydrogen-bond acceptors (Lipinski definition) is 6. The van der Waals surface area contributed by atoms with Crippen LogP contribution in [0.2, 0.25) is 10.0 Å². The molecule has 0 aliphatic heterocycles. The second-order valence-electron chi connectivity index (χ2n) is 7.59. The van der Waals surface area contributed by atoms with E-state index in [1.165, 1.54) is 20.3 Å². The third-order valence-corrected chi connectivity index (χ3v) is 6.42. The van der Waals surface area contributed by atoms with Gasteiger partial charge in [-0.05, 0) is 64.0 Å². The Kier molecular flexibility index (Phi) is 10.1. The number of halogens is 3. The van der Waals surface area contributed by atoms with Crippen molar-refractivity contribution < 1.29 is 23.7 Å². The van der Waals surface area contributed by atoms with Crippen LogP contribution in [-0.2, 0) is 17.9 Å². The van der Waals surface area contributed by atoms with Gasteiger partial charge in [0.1, 0.15) is 29.7 Å². The Morgan fingerprint density at radius 2 is 1.73 bits per heavy atom. The number of ether oxygens (including phenoxy) is 4. The van der Waals surface area contributed by atoms with Crippen LogP contribution >= 0.6 is 39.1 Å². The molecule has 0 heterocycles. The first-order chi connectivity index (χ1) is 17.8. The highest BCUT2D eigenvalue weighted by atomic mass is 79.9. The zero-order valence-electron chi connectivity index (χ0n) is 20.2. The molecule has 7 nitrogen and oxygen atoms in total. The van der Waals surface area contributed by atoms with Gasteiger partial charge < -0.3 is 24.3 Å². The summed E-state index contributed by atoms with van der Waals surface area (Å²) in [6, 6.07) is 15.7. The molecule has 0 aliphatic rings. The molecule has 0 aromatic heterocycles. The highest BCUT2D eigenvalue weighted by Crippen LogP contribution is 2.38. The van der Waals surface area contributed by atoms with Crippen molar-refractivity contribution in [3.8, 4) is 29.1 Å². The van der Waals surface area contributed by atoms with E-state index in [9.17, 15) is 10.1 Å².